The largest absolute Gasteiger partial charge is 0.481 e. The second-order valence-corrected chi connectivity index (χ2v) is 7.76. The fraction of sp³-hybridized carbons (Fsp3) is 0.588. The van der Waals surface area contributed by atoms with Crippen molar-refractivity contribution in [2.24, 2.45) is 5.41 Å². The minimum Gasteiger partial charge on any atom is -0.481 e. The summed E-state index contributed by atoms with van der Waals surface area (Å²) in [6, 6.07) is 6.99. The molecule has 1 aromatic carbocycles. The van der Waals surface area contributed by atoms with Crippen molar-refractivity contribution in [3.8, 4) is 5.75 Å². The first-order chi connectivity index (χ1) is 9.48. The molecule has 0 bridgehead atoms. The van der Waals surface area contributed by atoms with E-state index in [2.05, 4.69) is 26.1 Å². The first kappa shape index (κ1) is 17.8. The van der Waals surface area contributed by atoms with Crippen LogP contribution in [-0.2, 0) is 4.79 Å². The highest BCUT2D eigenvalue weighted by molar-refractivity contribution is 6.30. The number of amides is 1. The fourth-order valence-corrected chi connectivity index (χ4v) is 2.70. The number of hydrogen-bond donors (Lipinski definition) is 1. The van der Waals surface area contributed by atoms with Crippen LogP contribution in [0.5, 0.6) is 5.75 Å². The monoisotopic (exact) mass is 311 g/mol. The Morgan fingerprint density at radius 1 is 1.19 bits per heavy atom. The van der Waals surface area contributed by atoms with Gasteiger partial charge in [0, 0.05) is 10.6 Å². The standard InChI is InChI=1S/C17H26ClNO2/c1-12(21-14-9-7-13(18)8-10-14)15(20)19-17(5,6)11-16(2,3)4/h7-10,12H,11H2,1-6H3,(H,19,20). The number of nitrogens with one attached hydrogen (secondary N) is 1. The van der Waals surface area contributed by atoms with Crippen molar-refractivity contribution in [1.82, 2.24) is 5.32 Å². The molecule has 1 N–H and O–H groups in total. The molecule has 1 unspecified atom stereocenters. The minimum absolute atomic E-state index is 0.112. The van der Waals surface area contributed by atoms with Gasteiger partial charge in [0.1, 0.15) is 5.75 Å². The third kappa shape index (κ3) is 6.85. The van der Waals surface area contributed by atoms with E-state index in [0.717, 1.165) is 6.42 Å². The van der Waals surface area contributed by atoms with Crippen molar-refractivity contribution < 1.29 is 9.53 Å². The lowest BCUT2D eigenvalue weighted by molar-refractivity contribution is -0.129. The molecule has 0 spiro atoms. The van der Waals surface area contributed by atoms with Crippen molar-refractivity contribution in [2.45, 2.75) is 59.6 Å². The van der Waals surface area contributed by atoms with E-state index in [9.17, 15) is 4.79 Å². The second-order valence-electron chi connectivity index (χ2n) is 7.32. The average Bonchev–Trinajstić information content (AvgIpc) is 2.28. The maximum atomic E-state index is 12.3. The highest BCUT2D eigenvalue weighted by Gasteiger charge is 2.29. The van der Waals surface area contributed by atoms with E-state index in [1.807, 2.05) is 13.8 Å². The van der Waals surface area contributed by atoms with Gasteiger partial charge in [-0.3, -0.25) is 4.79 Å². The number of halogens is 1. The van der Waals surface area contributed by atoms with Crippen molar-refractivity contribution in [1.29, 1.82) is 0 Å². The van der Waals surface area contributed by atoms with Crippen LogP contribution in [0.15, 0.2) is 24.3 Å². The molecule has 1 rings (SSSR count). The molecule has 0 saturated carbocycles. The van der Waals surface area contributed by atoms with Crippen LogP contribution in [0.25, 0.3) is 0 Å². The van der Waals surface area contributed by atoms with Gasteiger partial charge in [-0.1, -0.05) is 32.4 Å². The van der Waals surface area contributed by atoms with Gasteiger partial charge in [0.15, 0.2) is 6.10 Å². The molecule has 0 aromatic heterocycles. The molecule has 0 fully saturated rings. The molecule has 1 atom stereocenters. The predicted molar refractivity (Wildman–Crippen MR) is 87.8 cm³/mol. The van der Waals surface area contributed by atoms with E-state index in [0.29, 0.717) is 10.8 Å². The van der Waals surface area contributed by atoms with Gasteiger partial charge in [0.25, 0.3) is 5.91 Å². The average molecular weight is 312 g/mol. The molecule has 21 heavy (non-hydrogen) atoms. The Morgan fingerprint density at radius 2 is 1.71 bits per heavy atom. The molecule has 0 saturated heterocycles. The Kier molecular flexibility index (Phi) is 5.68. The van der Waals surface area contributed by atoms with E-state index in [1.165, 1.54) is 0 Å². The lowest BCUT2D eigenvalue weighted by Gasteiger charge is -2.34. The smallest absolute Gasteiger partial charge is 0.261 e. The summed E-state index contributed by atoms with van der Waals surface area (Å²) in [4.78, 5) is 12.3. The number of hydrogen-bond acceptors (Lipinski definition) is 2. The van der Waals surface area contributed by atoms with Crippen molar-refractivity contribution in [3.63, 3.8) is 0 Å². The number of carbonyl (C=O) groups is 1. The summed E-state index contributed by atoms with van der Waals surface area (Å²) in [5.74, 6) is 0.523. The SMILES string of the molecule is CC(Oc1ccc(Cl)cc1)C(=O)NC(C)(C)CC(C)(C)C. The first-order valence-electron chi connectivity index (χ1n) is 7.23. The molecule has 4 heteroatoms. The highest BCUT2D eigenvalue weighted by Crippen LogP contribution is 2.27. The molecular formula is C17H26ClNO2. The normalized spacial score (nSPS) is 13.7. The molecule has 0 radical (unpaired) electrons. The van der Waals surface area contributed by atoms with Gasteiger partial charge < -0.3 is 10.1 Å². The van der Waals surface area contributed by atoms with E-state index in [1.54, 1.807) is 31.2 Å². The van der Waals surface area contributed by atoms with Crippen molar-refractivity contribution in [2.75, 3.05) is 0 Å². The predicted octanol–water partition coefficient (Wildman–Crippen LogP) is 4.44. The lowest BCUT2D eigenvalue weighted by Crippen LogP contribution is -2.50. The van der Waals surface area contributed by atoms with E-state index >= 15 is 0 Å². The van der Waals surface area contributed by atoms with Crippen LogP contribution in [-0.4, -0.2) is 17.6 Å². The van der Waals surface area contributed by atoms with Gasteiger partial charge in [0.05, 0.1) is 0 Å². The summed E-state index contributed by atoms with van der Waals surface area (Å²) in [5, 5.41) is 3.70. The summed E-state index contributed by atoms with van der Waals surface area (Å²) >= 11 is 5.82. The van der Waals surface area contributed by atoms with Crippen LogP contribution in [0.3, 0.4) is 0 Å². The summed E-state index contributed by atoms with van der Waals surface area (Å²) in [6.07, 6.45) is 0.338. The molecular weight excluding hydrogens is 286 g/mol. The molecule has 0 heterocycles. The number of benzene rings is 1. The number of rotatable bonds is 5. The highest BCUT2D eigenvalue weighted by atomic mass is 35.5. The van der Waals surface area contributed by atoms with Gasteiger partial charge in [-0.25, -0.2) is 0 Å². The van der Waals surface area contributed by atoms with Crippen molar-refractivity contribution in [3.05, 3.63) is 29.3 Å². The quantitative estimate of drug-likeness (QED) is 0.873. The van der Waals surface area contributed by atoms with Gasteiger partial charge in [-0.05, 0) is 56.9 Å². The Hall–Kier alpha value is -1.22. The van der Waals surface area contributed by atoms with Crippen LogP contribution in [0.2, 0.25) is 5.02 Å². The summed E-state index contributed by atoms with van der Waals surface area (Å²) in [6.45, 7) is 12.3. The Labute approximate surface area is 133 Å². The number of carbonyl (C=O) groups excluding carboxylic acids is 1. The van der Waals surface area contributed by atoms with Crippen LogP contribution in [0.1, 0.15) is 48.0 Å². The van der Waals surface area contributed by atoms with E-state index in [-0.39, 0.29) is 16.9 Å². The number of ether oxygens (including phenoxy) is 1. The molecule has 0 aliphatic rings. The van der Waals surface area contributed by atoms with Crippen LogP contribution >= 0.6 is 11.6 Å². The van der Waals surface area contributed by atoms with E-state index in [4.69, 9.17) is 16.3 Å². The van der Waals surface area contributed by atoms with E-state index < -0.39 is 6.10 Å². The first-order valence-corrected chi connectivity index (χ1v) is 7.61. The molecule has 0 aliphatic carbocycles. The molecule has 1 aromatic rings. The zero-order valence-corrected chi connectivity index (χ0v) is 14.5. The molecule has 3 nitrogen and oxygen atoms in total. The lowest BCUT2D eigenvalue weighted by atomic mass is 9.81. The molecule has 118 valence electrons. The maximum Gasteiger partial charge on any atom is 0.261 e. The summed E-state index contributed by atoms with van der Waals surface area (Å²) < 4.78 is 5.64. The van der Waals surface area contributed by atoms with Gasteiger partial charge in [-0.15, -0.1) is 0 Å². The summed E-state index contributed by atoms with van der Waals surface area (Å²) in [7, 11) is 0. The third-order valence-electron chi connectivity index (χ3n) is 2.93. The minimum atomic E-state index is -0.551. The zero-order valence-electron chi connectivity index (χ0n) is 13.8. The van der Waals surface area contributed by atoms with Gasteiger partial charge >= 0.3 is 0 Å². The van der Waals surface area contributed by atoms with Crippen molar-refractivity contribution >= 4 is 17.5 Å². The second kappa shape index (κ2) is 6.69. The van der Waals surface area contributed by atoms with Crippen LogP contribution < -0.4 is 10.1 Å². The Morgan fingerprint density at radius 3 is 2.19 bits per heavy atom. The maximum absolute atomic E-state index is 12.3. The Bertz CT molecular complexity index is 475. The Balaban J connectivity index is 2.60. The summed E-state index contributed by atoms with van der Waals surface area (Å²) in [5.41, 5.74) is -0.121. The third-order valence-corrected chi connectivity index (χ3v) is 3.18. The fourth-order valence-electron chi connectivity index (χ4n) is 2.58. The molecule has 1 amide bonds. The zero-order chi connectivity index (χ0) is 16.3. The van der Waals surface area contributed by atoms with Gasteiger partial charge in [0.2, 0.25) is 0 Å². The van der Waals surface area contributed by atoms with Crippen LogP contribution in [0, 0.1) is 5.41 Å². The van der Waals surface area contributed by atoms with Gasteiger partial charge in [-0.2, -0.15) is 0 Å². The topological polar surface area (TPSA) is 38.3 Å². The van der Waals surface area contributed by atoms with Crippen LogP contribution in [0.4, 0.5) is 0 Å². The molecule has 0 aliphatic heterocycles.